The zero-order valence-corrected chi connectivity index (χ0v) is 14.9. The summed E-state index contributed by atoms with van der Waals surface area (Å²) in [4.78, 5) is 13.2. The van der Waals surface area contributed by atoms with Crippen LogP contribution in [-0.2, 0) is 9.47 Å². The third-order valence-corrected chi connectivity index (χ3v) is 5.23. The van der Waals surface area contributed by atoms with Crippen LogP contribution < -0.4 is 5.32 Å². The minimum Gasteiger partial charge on any atom is -0.383 e. The van der Waals surface area contributed by atoms with Crippen molar-refractivity contribution in [2.24, 2.45) is 5.92 Å². The van der Waals surface area contributed by atoms with Gasteiger partial charge in [-0.1, -0.05) is 0 Å². The Balaban J connectivity index is 1.79. The quantitative estimate of drug-likeness (QED) is 0.611. The maximum absolute atomic E-state index is 11.3. The standard InChI is InChI=1S/C18H24N4O4/c1-13-16(8-14(10-19)9-17(13)22(23)24)20-11-18(15-2-5-26-12-15)21-3-6-25-7-4-21/h8-9,15,18,20H,2-7,11-12H2,1H3/t15-,18-/m1/s1. The molecule has 1 N–H and O–H groups in total. The predicted molar refractivity (Wildman–Crippen MR) is 96.1 cm³/mol. The van der Waals surface area contributed by atoms with E-state index in [4.69, 9.17) is 9.47 Å². The van der Waals surface area contributed by atoms with Crippen molar-refractivity contribution in [3.05, 3.63) is 33.4 Å². The van der Waals surface area contributed by atoms with E-state index in [0.717, 1.165) is 45.9 Å². The van der Waals surface area contributed by atoms with Gasteiger partial charge in [0.25, 0.3) is 5.69 Å². The highest BCUT2D eigenvalue weighted by molar-refractivity contribution is 5.64. The Hall–Kier alpha value is -2.21. The molecule has 1 aromatic rings. The second-order valence-electron chi connectivity index (χ2n) is 6.76. The van der Waals surface area contributed by atoms with Gasteiger partial charge < -0.3 is 14.8 Å². The van der Waals surface area contributed by atoms with Crippen LogP contribution in [0.1, 0.15) is 17.5 Å². The van der Waals surface area contributed by atoms with E-state index in [9.17, 15) is 15.4 Å². The van der Waals surface area contributed by atoms with E-state index in [1.807, 2.05) is 6.07 Å². The van der Waals surface area contributed by atoms with E-state index in [1.54, 1.807) is 13.0 Å². The van der Waals surface area contributed by atoms with E-state index < -0.39 is 4.92 Å². The van der Waals surface area contributed by atoms with Crippen LogP contribution in [0.25, 0.3) is 0 Å². The van der Waals surface area contributed by atoms with Crippen LogP contribution in [0.4, 0.5) is 11.4 Å². The molecule has 2 fully saturated rings. The average molecular weight is 360 g/mol. The Morgan fingerprint density at radius 3 is 2.77 bits per heavy atom. The van der Waals surface area contributed by atoms with Gasteiger partial charge in [-0.3, -0.25) is 15.0 Å². The number of nitrogens with one attached hydrogen (secondary N) is 1. The second kappa shape index (κ2) is 8.45. The van der Waals surface area contributed by atoms with Crippen LogP contribution in [0, 0.1) is 34.3 Å². The Morgan fingerprint density at radius 1 is 1.38 bits per heavy atom. The normalized spacial score (nSPS) is 21.9. The number of anilines is 1. The molecule has 2 aliphatic heterocycles. The van der Waals surface area contributed by atoms with Crippen molar-refractivity contribution in [2.45, 2.75) is 19.4 Å². The molecule has 0 radical (unpaired) electrons. The molecule has 1 aromatic carbocycles. The zero-order chi connectivity index (χ0) is 18.5. The lowest BCUT2D eigenvalue weighted by Crippen LogP contribution is -2.50. The van der Waals surface area contributed by atoms with Crippen molar-refractivity contribution in [3.8, 4) is 6.07 Å². The predicted octanol–water partition coefficient (Wildman–Crippen LogP) is 1.92. The topological polar surface area (TPSA) is 101 Å². The second-order valence-corrected chi connectivity index (χ2v) is 6.76. The SMILES string of the molecule is Cc1c(NC[C@H]([C@@H]2CCOC2)N2CCOCC2)cc(C#N)cc1[N+](=O)[O-]. The summed E-state index contributed by atoms with van der Waals surface area (Å²) >= 11 is 0. The van der Waals surface area contributed by atoms with Crippen molar-refractivity contribution in [1.29, 1.82) is 5.26 Å². The maximum atomic E-state index is 11.3. The first-order valence-corrected chi connectivity index (χ1v) is 8.92. The molecule has 8 nitrogen and oxygen atoms in total. The summed E-state index contributed by atoms with van der Waals surface area (Å²) in [7, 11) is 0. The molecule has 0 amide bonds. The van der Waals surface area contributed by atoms with Crippen molar-refractivity contribution >= 4 is 11.4 Å². The van der Waals surface area contributed by atoms with E-state index >= 15 is 0 Å². The third-order valence-electron chi connectivity index (χ3n) is 5.23. The fourth-order valence-electron chi connectivity index (χ4n) is 3.71. The lowest BCUT2D eigenvalue weighted by molar-refractivity contribution is -0.385. The monoisotopic (exact) mass is 360 g/mol. The Kier molecular flexibility index (Phi) is 6.04. The highest BCUT2D eigenvalue weighted by Gasteiger charge is 2.31. The zero-order valence-electron chi connectivity index (χ0n) is 14.9. The van der Waals surface area contributed by atoms with Gasteiger partial charge in [-0.15, -0.1) is 0 Å². The summed E-state index contributed by atoms with van der Waals surface area (Å²) in [6.45, 7) is 7.07. The molecule has 3 rings (SSSR count). The number of morpholine rings is 1. The smallest absolute Gasteiger partial charge is 0.275 e. The molecule has 0 unspecified atom stereocenters. The molecule has 2 heterocycles. The van der Waals surface area contributed by atoms with Crippen LogP contribution in [0.3, 0.4) is 0 Å². The number of ether oxygens (including phenoxy) is 2. The molecular weight excluding hydrogens is 336 g/mol. The van der Waals surface area contributed by atoms with E-state index in [2.05, 4.69) is 10.2 Å². The summed E-state index contributed by atoms with van der Waals surface area (Å²) in [5.74, 6) is 0.426. The molecule has 8 heteroatoms. The average Bonchev–Trinajstić information content (AvgIpc) is 3.18. The molecule has 26 heavy (non-hydrogen) atoms. The number of nitriles is 1. The van der Waals surface area contributed by atoms with Gasteiger partial charge in [-0.05, 0) is 19.4 Å². The van der Waals surface area contributed by atoms with Gasteiger partial charge in [-0.25, -0.2) is 0 Å². The van der Waals surface area contributed by atoms with Crippen LogP contribution >= 0.6 is 0 Å². The number of benzene rings is 1. The fraction of sp³-hybridized carbons (Fsp3) is 0.611. The molecule has 0 aliphatic carbocycles. The van der Waals surface area contributed by atoms with Gasteiger partial charge in [0.2, 0.25) is 0 Å². The first kappa shape index (κ1) is 18.6. The molecule has 2 aliphatic rings. The summed E-state index contributed by atoms with van der Waals surface area (Å²) in [5, 5.41) is 23.8. The van der Waals surface area contributed by atoms with Gasteiger partial charge in [0.1, 0.15) is 0 Å². The van der Waals surface area contributed by atoms with Crippen LogP contribution in [-0.4, -0.2) is 61.9 Å². The van der Waals surface area contributed by atoms with Crippen LogP contribution in [0.15, 0.2) is 12.1 Å². The number of nitro groups is 1. The fourth-order valence-corrected chi connectivity index (χ4v) is 3.71. The highest BCUT2D eigenvalue weighted by atomic mass is 16.6. The molecule has 0 bridgehead atoms. The molecule has 140 valence electrons. The molecule has 0 aromatic heterocycles. The minimum atomic E-state index is -0.439. The highest BCUT2D eigenvalue weighted by Crippen LogP contribution is 2.29. The van der Waals surface area contributed by atoms with E-state index in [1.165, 1.54) is 6.07 Å². The Morgan fingerprint density at radius 2 is 2.15 bits per heavy atom. The summed E-state index contributed by atoms with van der Waals surface area (Å²) in [6, 6.07) is 5.28. The molecule has 2 atom stereocenters. The summed E-state index contributed by atoms with van der Waals surface area (Å²) in [5.41, 5.74) is 1.46. The lowest BCUT2D eigenvalue weighted by atomic mass is 9.96. The summed E-state index contributed by atoms with van der Waals surface area (Å²) < 4.78 is 11.0. The number of nitro benzene ring substituents is 1. The Labute approximate surface area is 152 Å². The van der Waals surface area contributed by atoms with E-state index in [0.29, 0.717) is 23.7 Å². The summed E-state index contributed by atoms with van der Waals surface area (Å²) in [6.07, 6.45) is 1.01. The van der Waals surface area contributed by atoms with Gasteiger partial charge in [0, 0.05) is 55.5 Å². The number of rotatable bonds is 6. The van der Waals surface area contributed by atoms with Crippen molar-refractivity contribution in [3.63, 3.8) is 0 Å². The first-order chi connectivity index (χ1) is 12.6. The molecular formula is C18H24N4O4. The van der Waals surface area contributed by atoms with Crippen molar-refractivity contribution < 1.29 is 14.4 Å². The number of hydrogen-bond acceptors (Lipinski definition) is 7. The third kappa shape index (κ3) is 4.12. The van der Waals surface area contributed by atoms with Crippen LogP contribution in [0.5, 0.6) is 0 Å². The molecule has 0 spiro atoms. The maximum Gasteiger partial charge on any atom is 0.275 e. The largest absolute Gasteiger partial charge is 0.383 e. The van der Waals surface area contributed by atoms with Crippen molar-refractivity contribution in [2.75, 3.05) is 51.4 Å². The number of nitrogens with zero attached hydrogens (tertiary/aromatic N) is 3. The van der Waals surface area contributed by atoms with E-state index in [-0.39, 0.29) is 17.3 Å². The van der Waals surface area contributed by atoms with Crippen LogP contribution in [0.2, 0.25) is 0 Å². The first-order valence-electron chi connectivity index (χ1n) is 8.92. The molecule has 2 saturated heterocycles. The van der Waals surface area contributed by atoms with Gasteiger partial charge in [0.15, 0.2) is 0 Å². The number of hydrogen-bond donors (Lipinski definition) is 1. The van der Waals surface area contributed by atoms with Gasteiger partial charge >= 0.3 is 0 Å². The lowest BCUT2D eigenvalue weighted by Gasteiger charge is -2.37. The molecule has 0 saturated carbocycles. The minimum absolute atomic E-state index is 0.0290. The van der Waals surface area contributed by atoms with Gasteiger partial charge in [0.05, 0.1) is 36.4 Å². The van der Waals surface area contributed by atoms with Crippen molar-refractivity contribution in [1.82, 2.24) is 4.90 Å². The van der Waals surface area contributed by atoms with Gasteiger partial charge in [-0.2, -0.15) is 5.26 Å². The Bertz CT molecular complexity index is 691.